The van der Waals surface area contributed by atoms with Crippen LogP contribution in [0.3, 0.4) is 0 Å². The minimum atomic E-state index is -0.548. The van der Waals surface area contributed by atoms with Crippen molar-refractivity contribution in [3.8, 4) is 29.1 Å². The van der Waals surface area contributed by atoms with Crippen molar-refractivity contribution in [1.82, 2.24) is 0 Å². The Kier molecular flexibility index (Phi) is 4.94. The quantitative estimate of drug-likeness (QED) is 0.657. The summed E-state index contributed by atoms with van der Waals surface area (Å²) in [5.74, 6) is 1.68. The maximum absolute atomic E-state index is 12.5. The van der Waals surface area contributed by atoms with Crippen molar-refractivity contribution in [1.29, 1.82) is 5.26 Å². The predicted octanol–water partition coefficient (Wildman–Crippen LogP) is 2.98. The van der Waals surface area contributed by atoms with Crippen molar-refractivity contribution < 1.29 is 23.7 Å². The molecule has 0 aliphatic carbocycles. The maximum atomic E-state index is 12.5. The number of rotatable bonds is 5. The lowest BCUT2D eigenvalue weighted by molar-refractivity contribution is -0.112. The van der Waals surface area contributed by atoms with E-state index in [9.17, 15) is 10.1 Å². The number of carbonyl (C=O) groups is 1. The molecule has 1 N–H and O–H groups in total. The second-order valence-electron chi connectivity index (χ2n) is 5.30. The van der Waals surface area contributed by atoms with Crippen molar-refractivity contribution >= 4 is 17.7 Å². The number of hydrogen-bond donors (Lipinski definition) is 1. The average Bonchev–Trinajstić information content (AvgIpc) is 3.14. The molecule has 0 aromatic heterocycles. The number of fused-ring (bicyclic) bond motifs is 1. The van der Waals surface area contributed by atoms with Gasteiger partial charge in [0.25, 0.3) is 5.91 Å². The van der Waals surface area contributed by atoms with Crippen LogP contribution in [0.25, 0.3) is 6.08 Å². The first-order valence-electron chi connectivity index (χ1n) is 7.69. The molecule has 1 aliphatic rings. The Balaban J connectivity index is 1.82. The highest BCUT2D eigenvalue weighted by Gasteiger charge is 2.16. The molecule has 1 amide bonds. The number of nitrogens with one attached hydrogen (secondary N) is 1. The SMILES string of the molecule is COc1ccc(NC(=O)C(C#N)=Cc2ccc3c(c2)OCO3)c(OC)c1. The molecule has 0 saturated carbocycles. The van der Waals surface area contributed by atoms with Crippen LogP contribution in [0, 0.1) is 11.3 Å². The van der Waals surface area contributed by atoms with Gasteiger partial charge < -0.3 is 24.3 Å². The zero-order chi connectivity index (χ0) is 18.5. The van der Waals surface area contributed by atoms with Crippen LogP contribution in [0.15, 0.2) is 42.0 Å². The first-order valence-corrected chi connectivity index (χ1v) is 7.69. The van der Waals surface area contributed by atoms with Crippen LogP contribution in [0.5, 0.6) is 23.0 Å². The zero-order valence-corrected chi connectivity index (χ0v) is 14.2. The number of methoxy groups -OCH3 is 2. The summed E-state index contributed by atoms with van der Waals surface area (Å²) in [6, 6.07) is 12.1. The highest BCUT2D eigenvalue weighted by molar-refractivity contribution is 6.10. The molecular weight excluding hydrogens is 336 g/mol. The number of benzene rings is 2. The Bertz CT molecular complexity index is 915. The Morgan fingerprint density at radius 1 is 1.15 bits per heavy atom. The minimum absolute atomic E-state index is 0.0539. The summed E-state index contributed by atoms with van der Waals surface area (Å²) in [4.78, 5) is 12.5. The van der Waals surface area contributed by atoms with Crippen molar-refractivity contribution in [2.45, 2.75) is 0 Å². The number of nitriles is 1. The minimum Gasteiger partial charge on any atom is -0.497 e. The van der Waals surface area contributed by atoms with Gasteiger partial charge in [-0.3, -0.25) is 4.79 Å². The molecule has 0 atom stereocenters. The van der Waals surface area contributed by atoms with Crippen molar-refractivity contribution in [2.75, 3.05) is 26.3 Å². The molecule has 0 unspecified atom stereocenters. The first kappa shape index (κ1) is 17.2. The monoisotopic (exact) mass is 352 g/mol. The number of amides is 1. The summed E-state index contributed by atoms with van der Waals surface area (Å²) in [7, 11) is 3.02. The molecule has 0 radical (unpaired) electrons. The van der Waals surface area contributed by atoms with Gasteiger partial charge in [0.05, 0.1) is 19.9 Å². The molecule has 1 aliphatic heterocycles. The van der Waals surface area contributed by atoms with Gasteiger partial charge in [-0.05, 0) is 35.9 Å². The molecule has 0 spiro atoms. The number of carbonyl (C=O) groups excluding carboxylic acids is 1. The molecule has 7 nitrogen and oxygen atoms in total. The van der Waals surface area contributed by atoms with Crippen LogP contribution < -0.4 is 24.3 Å². The van der Waals surface area contributed by atoms with Crippen LogP contribution in [-0.2, 0) is 4.79 Å². The molecule has 7 heteroatoms. The summed E-state index contributed by atoms with van der Waals surface area (Å²) >= 11 is 0. The van der Waals surface area contributed by atoms with Crippen LogP contribution >= 0.6 is 0 Å². The maximum Gasteiger partial charge on any atom is 0.266 e. The van der Waals surface area contributed by atoms with E-state index in [1.807, 2.05) is 6.07 Å². The summed E-state index contributed by atoms with van der Waals surface area (Å²) in [6.07, 6.45) is 1.48. The fraction of sp³-hybridized carbons (Fsp3) is 0.158. The molecule has 0 saturated heterocycles. The molecule has 0 fully saturated rings. The first-order chi connectivity index (χ1) is 12.6. The summed E-state index contributed by atoms with van der Waals surface area (Å²) < 4.78 is 20.9. The molecule has 0 bridgehead atoms. The molecule has 2 aromatic rings. The Morgan fingerprint density at radius 3 is 2.69 bits per heavy atom. The summed E-state index contributed by atoms with van der Waals surface area (Å²) in [5, 5.41) is 12.0. The van der Waals surface area contributed by atoms with E-state index >= 15 is 0 Å². The summed E-state index contributed by atoms with van der Waals surface area (Å²) in [6.45, 7) is 0.158. The normalized spacial score (nSPS) is 12.3. The molecule has 3 rings (SSSR count). The van der Waals surface area contributed by atoms with E-state index in [-0.39, 0.29) is 12.4 Å². The lowest BCUT2D eigenvalue weighted by Gasteiger charge is -2.11. The van der Waals surface area contributed by atoms with Gasteiger partial charge in [0, 0.05) is 6.07 Å². The molecule has 2 aromatic carbocycles. The van der Waals surface area contributed by atoms with E-state index in [1.54, 1.807) is 36.4 Å². The van der Waals surface area contributed by atoms with Crippen molar-refractivity contribution in [2.24, 2.45) is 0 Å². The highest BCUT2D eigenvalue weighted by Crippen LogP contribution is 2.33. The zero-order valence-electron chi connectivity index (χ0n) is 14.2. The predicted molar refractivity (Wildman–Crippen MR) is 94.3 cm³/mol. The van der Waals surface area contributed by atoms with E-state index < -0.39 is 5.91 Å². The van der Waals surface area contributed by atoms with Crippen LogP contribution in [-0.4, -0.2) is 26.9 Å². The molecule has 1 heterocycles. The largest absolute Gasteiger partial charge is 0.497 e. The van der Waals surface area contributed by atoms with Gasteiger partial charge in [-0.2, -0.15) is 5.26 Å². The lowest BCUT2D eigenvalue weighted by Crippen LogP contribution is -2.14. The lowest BCUT2D eigenvalue weighted by atomic mass is 10.1. The number of nitrogens with zero attached hydrogens (tertiary/aromatic N) is 1. The fourth-order valence-electron chi connectivity index (χ4n) is 2.41. The van der Waals surface area contributed by atoms with Crippen LogP contribution in [0.2, 0.25) is 0 Å². The van der Waals surface area contributed by atoms with Gasteiger partial charge in [0.1, 0.15) is 23.1 Å². The Morgan fingerprint density at radius 2 is 1.96 bits per heavy atom. The second-order valence-corrected chi connectivity index (χ2v) is 5.30. The van der Waals surface area contributed by atoms with E-state index in [2.05, 4.69) is 5.32 Å². The number of anilines is 1. The standard InChI is InChI=1S/C19H16N2O5/c1-23-14-4-5-15(17(9-14)24-2)21-19(22)13(10-20)7-12-3-6-16-18(8-12)26-11-25-16/h3-9H,11H2,1-2H3,(H,21,22). The van der Waals surface area contributed by atoms with E-state index in [0.29, 0.717) is 34.2 Å². The van der Waals surface area contributed by atoms with E-state index in [1.165, 1.54) is 20.3 Å². The van der Waals surface area contributed by atoms with Crippen molar-refractivity contribution in [3.05, 3.63) is 47.5 Å². The second kappa shape index (κ2) is 7.49. The Hall–Kier alpha value is -3.66. The topological polar surface area (TPSA) is 89.8 Å². The third kappa shape index (κ3) is 3.54. The fourth-order valence-corrected chi connectivity index (χ4v) is 2.41. The third-order valence-corrected chi connectivity index (χ3v) is 3.73. The number of ether oxygens (including phenoxy) is 4. The molecular formula is C19H16N2O5. The average molecular weight is 352 g/mol. The van der Waals surface area contributed by atoms with Gasteiger partial charge in [-0.25, -0.2) is 0 Å². The van der Waals surface area contributed by atoms with Crippen molar-refractivity contribution in [3.63, 3.8) is 0 Å². The van der Waals surface area contributed by atoms with Crippen LogP contribution in [0.4, 0.5) is 5.69 Å². The Labute approximate surface area is 150 Å². The van der Waals surface area contributed by atoms with E-state index in [0.717, 1.165) is 0 Å². The van der Waals surface area contributed by atoms with Gasteiger partial charge in [-0.15, -0.1) is 0 Å². The van der Waals surface area contributed by atoms with Gasteiger partial charge in [0.2, 0.25) is 6.79 Å². The smallest absolute Gasteiger partial charge is 0.266 e. The van der Waals surface area contributed by atoms with Crippen LogP contribution in [0.1, 0.15) is 5.56 Å². The highest BCUT2D eigenvalue weighted by atomic mass is 16.7. The van der Waals surface area contributed by atoms with E-state index in [4.69, 9.17) is 18.9 Å². The molecule has 132 valence electrons. The number of hydrogen-bond acceptors (Lipinski definition) is 6. The molecule has 26 heavy (non-hydrogen) atoms. The van der Waals surface area contributed by atoms with Gasteiger partial charge >= 0.3 is 0 Å². The van der Waals surface area contributed by atoms with Gasteiger partial charge in [0.15, 0.2) is 11.5 Å². The van der Waals surface area contributed by atoms with Gasteiger partial charge in [-0.1, -0.05) is 6.07 Å². The summed E-state index contributed by atoms with van der Waals surface area (Å²) in [5.41, 5.74) is 1.04. The third-order valence-electron chi connectivity index (χ3n) is 3.73.